The molecule has 0 spiro atoms. The van der Waals surface area contributed by atoms with Crippen molar-refractivity contribution >= 4 is 27.5 Å². The Morgan fingerprint density at radius 1 is 1.15 bits per heavy atom. The summed E-state index contributed by atoms with van der Waals surface area (Å²) in [5.74, 6) is 0.0543. The Bertz CT molecular complexity index is 622. The highest BCUT2D eigenvalue weighted by Gasteiger charge is 2.05. The van der Waals surface area contributed by atoms with Gasteiger partial charge in [-0.05, 0) is 55.2 Å². The second-order valence-corrected chi connectivity index (χ2v) is 5.91. The van der Waals surface area contributed by atoms with Gasteiger partial charge < -0.3 is 5.32 Å². The van der Waals surface area contributed by atoms with Gasteiger partial charge in [-0.15, -0.1) is 0 Å². The Morgan fingerprint density at radius 2 is 1.95 bits per heavy atom. The molecule has 2 nitrogen and oxygen atoms in total. The van der Waals surface area contributed by atoms with Gasteiger partial charge in [-0.1, -0.05) is 40.2 Å². The van der Waals surface area contributed by atoms with E-state index in [2.05, 4.69) is 21.2 Å². The monoisotopic (exact) mass is 331 g/mol. The Balaban J connectivity index is 1.94. The molecule has 0 aromatic heterocycles. The van der Waals surface area contributed by atoms with Gasteiger partial charge in [0.15, 0.2) is 0 Å². The van der Waals surface area contributed by atoms with Crippen molar-refractivity contribution in [3.05, 3.63) is 63.6 Å². The summed E-state index contributed by atoms with van der Waals surface area (Å²) < 4.78 is 1.05. The molecule has 0 saturated carbocycles. The van der Waals surface area contributed by atoms with Crippen LogP contribution in [0.3, 0.4) is 0 Å². The lowest BCUT2D eigenvalue weighted by molar-refractivity contribution is -0.116. The first-order valence-corrected chi connectivity index (χ1v) is 7.45. The van der Waals surface area contributed by atoms with E-state index in [9.17, 15) is 4.79 Å². The van der Waals surface area contributed by atoms with Crippen LogP contribution >= 0.6 is 15.9 Å². The fourth-order valence-corrected chi connectivity index (χ4v) is 2.48. The molecule has 0 fully saturated rings. The van der Waals surface area contributed by atoms with Gasteiger partial charge in [-0.3, -0.25) is 4.79 Å². The molecule has 0 saturated heterocycles. The maximum absolute atomic E-state index is 12.0. The maximum Gasteiger partial charge on any atom is 0.224 e. The van der Waals surface area contributed by atoms with Crippen LogP contribution in [-0.2, 0) is 11.2 Å². The number of nitrogens with one attached hydrogen (secondary N) is 1. The summed E-state index contributed by atoms with van der Waals surface area (Å²) in [5.41, 5.74) is 4.31. The lowest BCUT2D eigenvalue weighted by atomic mass is 10.1. The van der Waals surface area contributed by atoms with Crippen molar-refractivity contribution in [3.63, 3.8) is 0 Å². The van der Waals surface area contributed by atoms with Crippen LogP contribution in [0, 0.1) is 13.8 Å². The number of aryl methyl sites for hydroxylation is 3. The summed E-state index contributed by atoms with van der Waals surface area (Å²) >= 11 is 3.44. The third kappa shape index (κ3) is 4.20. The summed E-state index contributed by atoms with van der Waals surface area (Å²) in [6, 6.07) is 14.1. The number of hydrogen-bond acceptors (Lipinski definition) is 1. The Hall–Kier alpha value is -1.61. The molecule has 0 unspecified atom stereocenters. The predicted octanol–water partition coefficient (Wildman–Crippen LogP) is 4.64. The van der Waals surface area contributed by atoms with Crippen molar-refractivity contribution in [2.75, 3.05) is 5.32 Å². The van der Waals surface area contributed by atoms with Crippen molar-refractivity contribution in [1.29, 1.82) is 0 Å². The molecule has 0 aliphatic carbocycles. The molecule has 2 aromatic rings. The highest BCUT2D eigenvalue weighted by atomic mass is 79.9. The van der Waals surface area contributed by atoms with Crippen molar-refractivity contribution in [2.45, 2.75) is 26.7 Å². The Morgan fingerprint density at radius 3 is 2.70 bits per heavy atom. The zero-order chi connectivity index (χ0) is 14.5. The van der Waals surface area contributed by atoms with Crippen LogP contribution in [0.1, 0.15) is 23.1 Å². The third-order valence-corrected chi connectivity index (χ3v) is 3.69. The normalized spacial score (nSPS) is 10.3. The average molecular weight is 332 g/mol. The molecule has 3 heteroatoms. The molecule has 1 amide bonds. The topological polar surface area (TPSA) is 29.1 Å². The van der Waals surface area contributed by atoms with Crippen LogP contribution < -0.4 is 5.32 Å². The van der Waals surface area contributed by atoms with Crippen LogP contribution in [0.5, 0.6) is 0 Å². The van der Waals surface area contributed by atoms with Gasteiger partial charge in [0.05, 0.1) is 0 Å². The number of carbonyl (C=O) groups excluding carboxylic acids is 1. The molecular weight excluding hydrogens is 314 g/mol. The van der Waals surface area contributed by atoms with E-state index in [4.69, 9.17) is 0 Å². The number of anilines is 1. The molecule has 0 bridgehead atoms. The number of rotatable bonds is 4. The highest BCUT2D eigenvalue weighted by molar-refractivity contribution is 9.10. The van der Waals surface area contributed by atoms with Gasteiger partial charge in [0.25, 0.3) is 0 Å². The minimum absolute atomic E-state index is 0.0543. The molecule has 1 N–H and O–H groups in total. The molecule has 0 heterocycles. The summed E-state index contributed by atoms with van der Waals surface area (Å²) in [4.78, 5) is 12.0. The van der Waals surface area contributed by atoms with Crippen molar-refractivity contribution in [3.8, 4) is 0 Å². The minimum Gasteiger partial charge on any atom is -0.326 e. The fourth-order valence-electron chi connectivity index (χ4n) is 2.03. The lowest BCUT2D eigenvalue weighted by Gasteiger charge is -2.09. The summed E-state index contributed by atoms with van der Waals surface area (Å²) in [6.07, 6.45) is 1.24. The van der Waals surface area contributed by atoms with Crippen molar-refractivity contribution in [2.24, 2.45) is 0 Å². The lowest BCUT2D eigenvalue weighted by Crippen LogP contribution is -2.13. The summed E-state index contributed by atoms with van der Waals surface area (Å²) in [7, 11) is 0. The maximum atomic E-state index is 12.0. The van der Waals surface area contributed by atoms with E-state index >= 15 is 0 Å². The van der Waals surface area contributed by atoms with E-state index in [1.165, 1.54) is 0 Å². The van der Waals surface area contributed by atoms with Crippen LogP contribution in [0.25, 0.3) is 0 Å². The van der Waals surface area contributed by atoms with Crippen LogP contribution in [0.15, 0.2) is 46.9 Å². The molecule has 0 atom stereocenters. The summed E-state index contributed by atoms with van der Waals surface area (Å²) in [6.45, 7) is 4.03. The molecule has 20 heavy (non-hydrogen) atoms. The molecular formula is C17H18BrNO. The smallest absolute Gasteiger partial charge is 0.224 e. The summed E-state index contributed by atoms with van der Waals surface area (Å²) in [5, 5.41) is 2.99. The van der Waals surface area contributed by atoms with E-state index in [0.717, 1.165) is 33.3 Å². The fraction of sp³-hybridized carbons (Fsp3) is 0.235. The third-order valence-electron chi connectivity index (χ3n) is 3.20. The zero-order valence-corrected chi connectivity index (χ0v) is 13.3. The first-order valence-electron chi connectivity index (χ1n) is 6.66. The standard InChI is InChI=1S/C17H18BrNO/c1-12-6-7-13(2)16(10-12)19-17(20)9-8-14-4-3-5-15(18)11-14/h3-7,10-11H,8-9H2,1-2H3,(H,19,20). The first kappa shape index (κ1) is 14.8. The number of amides is 1. The number of halogens is 1. The van der Waals surface area contributed by atoms with Gasteiger partial charge in [-0.2, -0.15) is 0 Å². The molecule has 0 aliphatic rings. The van der Waals surface area contributed by atoms with Crippen LogP contribution in [0.2, 0.25) is 0 Å². The van der Waals surface area contributed by atoms with Gasteiger partial charge in [-0.25, -0.2) is 0 Å². The molecule has 2 rings (SSSR count). The van der Waals surface area contributed by atoms with Gasteiger partial charge in [0, 0.05) is 16.6 Å². The average Bonchev–Trinajstić information content (AvgIpc) is 2.41. The second-order valence-electron chi connectivity index (χ2n) is 5.00. The van der Waals surface area contributed by atoms with Gasteiger partial charge in [0.2, 0.25) is 5.91 Å². The van der Waals surface area contributed by atoms with Crippen molar-refractivity contribution < 1.29 is 4.79 Å². The van der Waals surface area contributed by atoms with E-state index < -0.39 is 0 Å². The van der Waals surface area contributed by atoms with E-state index in [-0.39, 0.29) is 5.91 Å². The Labute approximate surface area is 128 Å². The van der Waals surface area contributed by atoms with E-state index in [1.807, 2.05) is 56.3 Å². The predicted molar refractivity (Wildman–Crippen MR) is 87.0 cm³/mol. The molecule has 2 aromatic carbocycles. The van der Waals surface area contributed by atoms with Crippen molar-refractivity contribution in [1.82, 2.24) is 0 Å². The number of benzene rings is 2. The zero-order valence-electron chi connectivity index (χ0n) is 11.7. The molecule has 104 valence electrons. The highest BCUT2D eigenvalue weighted by Crippen LogP contribution is 2.17. The molecule has 0 aliphatic heterocycles. The number of carbonyl (C=O) groups is 1. The quantitative estimate of drug-likeness (QED) is 0.868. The van der Waals surface area contributed by atoms with E-state index in [1.54, 1.807) is 0 Å². The largest absolute Gasteiger partial charge is 0.326 e. The van der Waals surface area contributed by atoms with Crippen LogP contribution in [0.4, 0.5) is 5.69 Å². The first-order chi connectivity index (χ1) is 9.54. The van der Waals surface area contributed by atoms with Gasteiger partial charge in [0.1, 0.15) is 0 Å². The minimum atomic E-state index is 0.0543. The molecule has 0 radical (unpaired) electrons. The van der Waals surface area contributed by atoms with Crippen LogP contribution in [-0.4, -0.2) is 5.91 Å². The number of hydrogen-bond donors (Lipinski definition) is 1. The van der Waals surface area contributed by atoms with E-state index in [0.29, 0.717) is 6.42 Å². The second kappa shape index (κ2) is 6.71. The Kier molecular flexibility index (Phi) is 4.96. The van der Waals surface area contributed by atoms with Gasteiger partial charge >= 0.3 is 0 Å². The SMILES string of the molecule is Cc1ccc(C)c(NC(=O)CCc2cccc(Br)c2)c1.